The Morgan fingerprint density at radius 3 is 2.74 bits per heavy atom. The molecule has 3 heteroatoms. The van der Waals surface area contributed by atoms with Crippen LogP contribution in [0.4, 0.5) is 0 Å². The van der Waals surface area contributed by atoms with E-state index in [-0.39, 0.29) is 5.78 Å². The predicted molar refractivity (Wildman–Crippen MR) is 71.4 cm³/mol. The van der Waals surface area contributed by atoms with Gasteiger partial charge in [-0.15, -0.1) is 0 Å². The van der Waals surface area contributed by atoms with E-state index in [0.29, 0.717) is 19.3 Å². The Kier molecular flexibility index (Phi) is 4.11. The molecule has 1 fully saturated rings. The first-order valence-electron chi connectivity index (χ1n) is 6.67. The van der Waals surface area contributed by atoms with Crippen LogP contribution in [0.5, 0.6) is 0 Å². The summed E-state index contributed by atoms with van der Waals surface area (Å²) < 4.78 is 0. The Hall–Kier alpha value is -1.95. The van der Waals surface area contributed by atoms with Crippen molar-refractivity contribution in [3.05, 3.63) is 35.9 Å². The van der Waals surface area contributed by atoms with Gasteiger partial charge in [-0.25, -0.2) is 0 Å². The van der Waals surface area contributed by atoms with E-state index in [1.54, 1.807) is 0 Å². The fourth-order valence-corrected chi connectivity index (χ4v) is 3.07. The number of benzene rings is 1. The summed E-state index contributed by atoms with van der Waals surface area (Å²) in [6.45, 7) is 0. The molecule has 0 bridgehead atoms. The maximum atomic E-state index is 12.6. The molecule has 19 heavy (non-hydrogen) atoms. The molecule has 2 unspecified atom stereocenters. The van der Waals surface area contributed by atoms with Crippen molar-refractivity contribution < 1.29 is 9.59 Å². The zero-order valence-electron chi connectivity index (χ0n) is 10.8. The zero-order valence-corrected chi connectivity index (χ0v) is 10.8. The van der Waals surface area contributed by atoms with Gasteiger partial charge in [0.25, 0.3) is 0 Å². The quantitative estimate of drug-likeness (QED) is 0.614. The van der Waals surface area contributed by atoms with Crippen LogP contribution in [0.3, 0.4) is 0 Å². The predicted octanol–water partition coefficient (Wildman–Crippen LogP) is 2.80. The molecule has 2 rings (SSSR count). The van der Waals surface area contributed by atoms with E-state index in [1.807, 2.05) is 30.3 Å². The van der Waals surface area contributed by atoms with Crippen LogP contribution in [-0.4, -0.2) is 12.1 Å². The van der Waals surface area contributed by atoms with Gasteiger partial charge in [-0.05, 0) is 24.8 Å². The Morgan fingerprint density at radius 2 is 2.11 bits per heavy atom. The standard InChI is InChI=1S/C16H17NO2/c17-11-5-10-16(14-7-2-1-3-8-14)9-4-6-13(12-18)15(16)19/h1-3,7-8,12-13H,4-6,9-10H2. The molecular weight excluding hydrogens is 238 g/mol. The van der Waals surface area contributed by atoms with Crippen molar-refractivity contribution in [3.8, 4) is 6.07 Å². The molecule has 1 aromatic rings. The van der Waals surface area contributed by atoms with Crippen LogP contribution in [0.15, 0.2) is 30.3 Å². The first-order chi connectivity index (χ1) is 9.24. The van der Waals surface area contributed by atoms with Crippen molar-refractivity contribution in [2.24, 2.45) is 5.92 Å². The second kappa shape index (κ2) is 5.79. The van der Waals surface area contributed by atoms with Gasteiger partial charge in [-0.1, -0.05) is 36.8 Å². The fourth-order valence-electron chi connectivity index (χ4n) is 3.07. The van der Waals surface area contributed by atoms with Crippen molar-refractivity contribution >= 4 is 12.1 Å². The molecule has 98 valence electrons. The number of hydrogen-bond donors (Lipinski definition) is 0. The van der Waals surface area contributed by atoms with Crippen molar-refractivity contribution in [1.29, 1.82) is 5.26 Å². The molecule has 0 N–H and O–H groups in total. The average molecular weight is 255 g/mol. The summed E-state index contributed by atoms with van der Waals surface area (Å²) in [5.41, 5.74) is 0.308. The lowest BCUT2D eigenvalue weighted by Crippen LogP contribution is -2.44. The second-order valence-electron chi connectivity index (χ2n) is 5.11. The molecular formula is C16H17NO2. The van der Waals surface area contributed by atoms with Gasteiger partial charge in [0, 0.05) is 6.42 Å². The Labute approximate surface area is 113 Å². The van der Waals surface area contributed by atoms with E-state index < -0.39 is 11.3 Å². The summed E-state index contributed by atoms with van der Waals surface area (Å²) in [4.78, 5) is 23.7. The minimum Gasteiger partial charge on any atom is -0.303 e. The summed E-state index contributed by atoms with van der Waals surface area (Å²) in [5.74, 6) is -0.511. The summed E-state index contributed by atoms with van der Waals surface area (Å²) >= 11 is 0. The number of Topliss-reactive ketones (excluding diaryl/α,β-unsaturated/α-hetero) is 1. The van der Waals surface area contributed by atoms with Crippen LogP contribution in [0, 0.1) is 17.2 Å². The first kappa shape index (κ1) is 13.5. The van der Waals surface area contributed by atoms with Crippen LogP contribution in [-0.2, 0) is 15.0 Å². The molecule has 0 spiro atoms. The highest BCUT2D eigenvalue weighted by Gasteiger charge is 2.45. The smallest absolute Gasteiger partial charge is 0.153 e. The molecule has 1 aliphatic rings. The molecule has 1 saturated carbocycles. The van der Waals surface area contributed by atoms with Crippen LogP contribution in [0.25, 0.3) is 0 Å². The number of hydrogen-bond acceptors (Lipinski definition) is 3. The van der Waals surface area contributed by atoms with Gasteiger partial charge >= 0.3 is 0 Å². The number of ketones is 1. The third-order valence-corrected chi connectivity index (χ3v) is 4.08. The number of nitriles is 1. The fraction of sp³-hybridized carbons (Fsp3) is 0.438. The van der Waals surface area contributed by atoms with Gasteiger partial charge in [0.05, 0.1) is 17.4 Å². The highest BCUT2D eigenvalue weighted by Crippen LogP contribution is 2.42. The van der Waals surface area contributed by atoms with E-state index in [2.05, 4.69) is 6.07 Å². The molecule has 0 amide bonds. The number of rotatable bonds is 4. The van der Waals surface area contributed by atoms with E-state index in [4.69, 9.17) is 5.26 Å². The molecule has 0 heterocycles. The molecule has 1 aliphatic carbocycles. The molecule has 0 aliphatic heterocycles. The van der Waals surface area contributed by atoms with E-state index in [0.717, 1.165) is 24.7 Å². The number of nitrogens with zero attached hydrogens (tertiary/aromatic N) is 1. The van der Waals surface area contributed by atoms with Gasteiger partial charge in [-0.2, -0.15) is 5.26 Å². The normalized spacial score (nSPS) is 26.7. The summed E-state index contributed by atoms with van der Waals surface area (Å²) in [6, 6.07) is 11.7. The monoisotopic (exact) mass is 255 g/mol. The molecule has 1 aromatic carbocycles. The van der Waals surface area contributed by atoms with Crippen LogP contribution >= 0.6 is 0 Å². The Bertz CT molecular complexity index is 503. The topological polar surface area (TPSA) is 57.9 Å². The summed E-state index contributed by atoms with van der Waals surface area (Å²) in [5, 5.41) is 8.84. The maximum Gasteiger partial charge on any atom is 0.153 e. The molecule has 0 saturated heterocycles. The van der Waals surface area contributed by atoms with E-state index >= 15 is 0 Å². The zero-order chi connectivity index (χ0) is 13.7. The maximum absolute atomic E-state index is 12.6. The third kappa shape index (κ3) is 2.44. The summed E-state index contributed by atoms with van der Waals surface area (Å²) in [7, 11) is 0. The number of aldehydes is 1. The van der Waals surface area contributed by atoms with E-state index in [1.165, 1.54) is 0 Å². The number of carbonyl (C=O) groups is 2. The van der Waals surface area contributed by atoms with Gasteiger partial charge in [-0.3, -0.25) is 4.79 Å². The van der Waals surface area contributed by atoms with E-state index in [9.17, 15) is 9.59 Å². The lowest BCUT2D eigenvalue weighted by Gasteiger charge is -2.38. The van der Waals surface area contributed by atoms with Gasteiger partial charge < -0.3 is 4.79 Å². The highest BCUT2D eigenvalue weighted by atomic mass is 16.1. The Balaban J connectivity index is 2.42. The van der Waals surface area contributed by atoms with Crippen LogP contribution in [0.1, 0.15) is 37.7 Å². The first-order valence-corrected chi connectivity index (χ1v) is 6.67. The molecule has 0 aromatic heterocycles. The molecule has 0 radical (unpaired) electrons. The van der Waals surface area contributed by atoms with Crippen molar-refractivity contribution in [3.63, 3.8) is 0 Å². The second-order valence-corrected chi connectivity index (χ2v) is 5.11. The lowest BCUT2D eigenvalue weighted by molar-refractivity contribution is -0.134. The minimum absolute atomic E-state index is 0.00444. The Morgan fingerprint density at radius 1 is 1.37 bits per heavy atom. The van der Waals surface area contributed by atoms with Gasteiger partial charge in [0.1, 0.15) is 6.29 Å². The molecule has 2 atom stereocenters. The van der Waals surface area contributed by atoms with Crippen molar-refractivity contribution in [2.45, 2.75) is 37.5 Å². The van der Waals surface area contributed by atoms with Gasteiger partial charge in [0.2, 0.25) is 0 Å². The SMILES string of the molecule is N#CCCC1(c2ccccc2)CCCC(C=O)C1=O. The van der Waals surface area contributed by atoms with Gasteiger partial charge in [0.15, 0.2) is 5.78 Å². The minimum atomic E-state index is -0.638. The number of carbonyl (C=O) groups excluding carboxylic acids is 2. The van der Waals surface area contributed by atoms with Crippen molar-refractivity contribution in [1.82, 2.24) is 0 Å². The molecule has 3 nitrogen and oxygen atoms in total. The van der Waals surface area contributed by atoms with Crippen molar-refractivity contribution in [2.75, 3.05) is 0 Å². The highest BCUT2D eigenvalue weighted by molar-refractivity contribution is 6.01. The summed E-state index contributed by atoms with van der Waals surface area (Å²) in [6.07, 6.45) is 3.86. The van der Waals surface area contributed by atoms with Crippen LogP contribution < -0.4 is 0 Å². The largest absolute Gasteiger partial charge is 0.303 e. The van der Waals surface area contributed by atoms with Crippen LogP contribution in [0.2, 0.25) is 0 Å². The third-order valence-electron chi connectivity index (χ3n) is 4.08. The lowest BCUT2D eigenvalue weighted by atomic mass is 9.63. The average Bonchev–Trinajstić information content (AvgIpc) is 2.47.